The van der Waals surface area contributed by atoms with E-state index in [9.17, 15) is 9.90 Å². The molecule has 16 heavy (non-hydrogen) atoms. The molecule has 1 rings (SSSR count). The first-order valence-electron chi connectivity index (χ1n) is 5.03. The molecule has 0 aromatic heterocycles. The molecule has 0 unspecified atom stereocenters. The quantitative estimate of drug-likeness (QED) is 0.497. The van der Waals surface area contributed by atoms with E-state index in [1.807, 2.05) is 12.5 Å². The van der Waals surface area contributed by atoms with Crippen LogP contribution in [0, 0.1) is 23.2 Å². The second-order valence-corrected chi connectivity index (χ2v) is 4.44. The molecule has 0 spiro atoms. The number of allylic oxidation sites excluding steroid dienone is 2. The van der Waals surface area contributed by atoms with Crippen LogP contribution < -0.4 is 5.11 Å². The Bertz CT molecular complexity index is 284. The summed E-state index contributed by atoms with van der Waals surface area (Å²) >= 11 is 0. The maximum absolute atomic E-state index is 9.91. The number of hydrogen-bond acceptors (Lipinski definition) is 3. The molecule has 0 aromatic carbocycles. The zero-order valence-corrected chi connectivity index (χ0v) is 13.2. The summed E-state index contributed by atoms with van der Waals surface area (Å²) in [6.07, 6.45) is 7.36. The van der Waals surface area contributed by atoms with Crippen LogP contribution in [-0.2, 0) is 24.3 Å². The number of nitriles is 1. The molecule has 0 N–H and O–H groups in total. The first-order chi connectivity index (χ1) is 6.88. The van der Waals surface area contributed by atoms with E-state index in [1.54, 1.807) is 20.8 Å². The molecule has 0 aromatic rings. The summed E-state index contributed by atoms with van der Waals surface area (Å²) in [4.78, 5) is 9.91. The van der Waals surface area contributed by atoms with Crippen molar-refractivity contribution in [1.82, 2.24) is 0 Å². The van der Waals surface area contributed by atoms with E-state index in [0.29, 0.717) is 0 Å². The van der Waals surface area contributed by atoms with E-state index in [-0.39, 0.29) is 19.5 Å². The predicted molar refractivity (Wildman–Crippen MR) is 56.3 cm³/mol. The molecule has 1 aliphatic rings. The Hall–Kier alpha value is -0.807. The largest absolute Gasteiger partial charge is 2.00 e. The number of carbonyl (C=O) groups is 1. The summed E-state index contributed by atoms with van der Waals surface area (Å²) in [5.41, 5.74) is 0.163. The van der Waals surface area contributed by atoms with E-state index in [2.05, 4.69) is 6.07 Å². The molecule has 84 valence electrons. The van der Waals surface area contributed by atoms with E-state index < -0.39 is 11.4 Å². The molecule has 0 radical (unpaired) electrons. The van der Waals surface area contributed by atoms with Crippen LogP contribution in [0.5, 0.6) is 0 Å². The number of hydrogen-bond donors (Lipinski definition) is 0. The summed E-state index contributed by atoms with van der Waals surface area (Å²) < 4.78 is 0. The summed E-state index contributed by atoms with van der Waals surface area (Å²) in [7, 11) is 0. The van der Waals surface area contributed by atoms with Crippen LogP contribution >= 0.6 is 0 Å². The minimum absolute atomic E-state index is 0. The molecule has 0 aliphatic heterocycles. The van der Waals surface area contributed by atoms with Crippen LogP contribution in [0.4, 0.5) is 0 Å². The van der Waals surface area contributed by atoms with Crippen LogP contribution in [0.25, 0.3) is 0 Å². The third-order valence-electron chi connectivity index (χ3n) is 1.88. The van der Waals surface area contributed by atoms with Crippen molar-refractivity contribution in [3.05, 3.63) is 18.1 Å². The number of nitrogens with zero attached hydrogens (tertiary/aromatic N) is 1. The molecule has 0 amide bonds. The Labute approximate surface area is 110 Å². The van der Waals surface area contributed by atoms with Gasteiger partial charge in [0.1, 0.15) is 0 Å². The molecule has 4 heteroatoms. The van der Waals surface area contributed by atoms with Gasteiger partial charge in [-0.2, -0.15) is 12.5 Å². The molecule has 1 aliphatic carbocycles. The Morgan fingerprint density at radius 2 is 2.06 bits per heavy atom. The Kier molecular flexibility index (Phi) is 9.18. The fourth-order valence-electron chi connectivity index (χ4n) is 0.808. The van der Waals surface area contributed by atoms with Crippen LogP contribution in [0.1, 0.15) is 40.0 Å². The maximum Gasteiger partial charge on any atom is 2.00 e. The van der Waals surface area contributed by atoms with Crippen molar-refractivity contribution >= 4 is 5.97 Å². The van der Waals surface area contributed by atoms with Crippen LogP contribution in [0.3, 0.4) is 0 Å². The Balaban J connectivity index is 0. The maximum atomic E-state index is 9.91. The third kappa shape index (κ3) is 8.50. The molecular formula is C12H17NO2Zn. The fraction of sp³-hybridized carbons (Fsp3) is 0.583. The first kappa shape index (κ1) is 17.6. The number of rotatable bonds is 0. The van der Waals surface area contributed by atoms with Crippen molar-refractivity contribution in [2.24, 2.45) is 5.41 Å². The van der Waals surface area contributed by atoms with Gasteiger partial charge in [-0.3, -0.25) is 5.26 Å². The number of carboxylic acids is 1. The van der Waals surface area contributed by atoms with Gasteiger partial charge in [0.2, 0.25) is 0 Å². The van der Waals surface area contributed by atoms with Crippen LogP contribution in [0.2, 0.25) is 0 Å². The van der Waals surface area contributed by atoms with Gasteiger partial charge < -0.3 is 9.90 Å². The second-order valence-electron chi connectivity index (χ2n) is 4.44. The van der Waals surface area contributed by atoms with E-state index in [0.717, 1.165) is 18.4 Å². The normalized spacial score (nSPS) is 14.0. The van der Waals surface area contributed by atoms with Gasteiger partial charge >= 0.3 is 19.5 Å². The molecule has 0 saturated heterocycles. The summed E-state index contributed by atoms with van der Waals surface area (Å²) in [5, 5.41) is 18.3. The average molecular weight is 273 g/mol. The van der Waals surface area contributed by atoms with E-state index in [4.69, 9.17) is 5.26 Å². The minimum Gasteiger partial charge on any atom is -0.550 e. The number of carboxylic acid groups (broad SMARTS) is 1. The van der Waals surface area contributed by atoms with Crippen LogP contribution in [0.15, 0.2) is 11.6 Å². The van der Waals surface area contributed by atoms with Gasteiger partial charge in [0.05, 0.1) is 0 Å². The van der Waals surface area contributed by atoms with Crippen molar-refractivity contribution in [1.29, 1.82) is 5.26 Å². The van der Waals surface area contributed by atoms with Crippen molar-refractivity contribution in [3.8, 4) is 6.07 Å². The number of carbonyl (C=O) groups excluding carboxylic acids is 1. The standard InChI is InChI=1S/C7H8N.C5H10O2.Zn/c8-6-7-4-2-1-3-5-7;1-5(2,3)4(6)7;/h4-5H,1-3H2;1-3H3,(H,6,7);/q-1;;+2/p-1. The van der Waals surface area contributed by atoms with Crippen molar-refractivity contribution in [3.63, 3.8) is 0 Å². The average Bonchev–Trinajstić information content (AvgIpc) is 2.18. The fourth-order valence-corrected chi connectivity index (χ4v) is 0.808. The van der Waals surface area contributed by atoms with Crippen molar-refractivity contribution in [2.45, 2.75) is 40.0 Å². The van der Waals surface area contributed by atoms with Crippen LogP contribution in [-0.4, -0.2) is 5.97 Å². The van der Waals surface area contributed by atoms with Gasteiger partial charge in [-0.25, -0.2) is 0 Å². The predicted octanol–water partition coefficient (Wildman–Crippen LogP) is 1.60. The molecule has 0 heterocycles. The molecule has 0 bridgehead atoms. The monoisotopic (exact) mass is 271 g/mol. The third-order valence-corrected chi connectivity index (χ3v) is 1.88. The molecular weight excluding hydrogens is 256 g/mol. The van der Waals surface area contributed by atoms with Gasteiger partial charge in [0, 0.05) is 11.4 Å². The molecule has 0 fully saturated rings. The zero-order valence-electron chi connectivity index (χ0n) is 10.2. The minimum atomic E-state index is -1.01. The van der Waals surface area contributed by atoms with E-state index >= 15 is 0 Å². The van der Waals surface area contributed by atoms with Crippen molar-refractivity contribution < 1.29 is 29.4 Å². The molecule has 0 atom stereocenters. The van der Waals surface area contributed by atoms with Gasteiger partial charge in [0.15, 0.2) is 0 Å². The number of aliphatic carboxylic acids is 1. The smallest absolute Gasteiger partial charge is 0.550 e. The van der Waals surface area contributed by atoms with Gasteiger partial charge in [0.25, 0.3) is 0 Å². The van der Waals surface area contributed by atoms with Gasteiger partial charge in [-0.05, 0) is 0 Å². The molecule has 0 saturated carbocycles. The SMILES string of the molecule is CC(C)(C)C(=O)[O-].N#CC1=CCCC[CH-]1.[Zn+2]. The summed E-state index contributed by atoms with van der Waals surface area (Å²) in [6, 6.07) is 2.11. The van der Waals surface area contributed by atoms with Gasteiger partial charge in [-0.15, -0.1) is 5.57 Å². The Morgan fingerprint density at radius 3 is 2.25 bits per heavy atom. The topological polar surface area (TPSA) is 63.9 Å². The Morgan fingerprint density at radius 1 is 1.56 bits per heavy atom. The zero-order chi connectivity index (χ0) is 11.9. The summed E-state index contributed by atoms with van der Waals surface area (Å²) in [6.45, 7) is 4.80. The van der Waals surface area contributed by atoms with E-state index in [1.165, 1.54) is 6.42 Å². The molecule has 3 nitrogen and oxygen atoms in total. The second kappa shape index (κ2) is 8.36. The summed E-state index contributed by atoms with van der Waals surface area (Å²) in [5.74, 6) is -1.01. The first-order valence-corrected chi connectivity index (χ1v) is 5.03. The van der Waals surface area contributed by atoms with Gasteiger partial charge in [-0.1, -0.05) is 46.1 Å². The van der Waals surface area contributed by atoms with Crippen molar-refractivity contribution in [2.75, 3.05) is 0 Å².